The van der Waals surface area contributed by atoms with E-state index in [1.54, 1.807) is 11.3 Å². The molecular weight excluding hydrogens is 605 g/mol. The number of nitrogens with zero attached hydrogens (tertiary/aromatic N) is 4. The SMILES string of the molecule is CCCCN(CCCCO)c1ccc(C=Cc2ccc(C=CC3=C(C#N)C(=C(C#N)C#N)OC3(C)C)s2)c(OCc2ccccc2)c1. The molecule has 3 aromatic rings. The van der Waals surface area contributed by atoms with Crippen LogP contribution in [0.1, 0.15) is 67.3 Å². The molecule has 240 valence electrons. The maximum absolute atomic E-state index is 9.81. The number of ether oxygens (including phenoxy) is 2. The number of thiophene rings is 1. The van der Waals surface area contributed by atoms with Gasteiger partial charge in [0.1, 0.15) is 41.7 Å². The van der Waals surface area contributed by atoms with E-state index in [0.29, 0.717) is 12.2 Å². The number of unbranched alkanes of at least 4 members (excludes halogenated alkanes) is 2. The number of rotatable bonds is 15. The largest absolute Gasteiger partial charge is 0.488 e. The summed E-state index contributed by atoms with van der Waals surface area (Å²) in [4.78, 5) is 4.41. The van der Waals surface area contributed by atoms with Crippen LogP contribution in [0.2, 0.25) is 0 Å². The highest BCUT2D eigenvalue weighted by Crippen LogP contribution is 2.40. The van der Waals surface area contributed by atoms with E-state index in [-0.39, 0.29) is 23.5 Å². The van der Waals surface area contributed by atoms with Gasteiger partial charge in [0.05, 0.1) is 0 Å². The minimum absolute atomic E-state index is 0.0342. The molecule has 2 aromatic carbocycles. The quantitative estimate of drug-likeness (QED) is 0.130. The second kappa shape index (κ2) is 17.0. The topological polar surface area (TPSA) is 113 Å². The van der Waals surface area contributed by atoms with Crippen molar-refractivity contribution in [3.05, 3.63) is 110 Å². The maximum Gasteiger partial charge on any atom is 0.172 e. The van der Waals surface area contributed by atoms with Crippen LogP contribution in [0.4, 0.5) is 5.69 Å². The molecule has 1 aromatic heterocycles. The molecule has 0 saturated carbocycles. The van der Waals surface area contributed by atoms with Gasteiger partial charge in [0, 0.05) is 52.3 Å². The van der Waals surface area contributed by atoms with Gasteiger partial charge in [-0.1, -0.05) is 49.8 Å². The van der Waals surface area contributed by atoms with Crippen LogP contribution in [-0.2, 0) is 11.3 Å². The Morgan fingerprint density at radius 1 is 0.915 bits per heavy atom. The lowest BCUT2D eigenvalue weighted by atomic mass is 9.94. The maximum atomic E-state index is 9.81. The molecule has 0 unspecified atom stereocenters. The predicted molar refractivity (Wildman–Crippen MR) is 189 cm³/mol. The molecule has 2 heterocycles. The van der Waals surface area contributed by atoms with Crippen molar-refractivity contribution in [1.82, 2.24) is 0 Å². The van der Waals surface area contributed by atoms with Gasteiger partial charge in [-0.3, -0.25) is 0 Å². The Balaban J connectivity index is 1.59. The first kappa shape index (κ1) is 34.8. The van der Waals surface area contributed by atoms with Crippen molar-refractivity contribution < 1.29 is 14.6 Å². The first-order valence-corrected chi connectivity index (χ1v) is 16.7. The molecule has 0 radical (unpaired) electrons. The number of hydrogen-bond donors (Lipinski definition) is 1. The second-order valence-corrected chi connectivity index (χ2v) is 12.8. The molecule has 0 amide bonds. The average molecular weight is 645 g/mol. The number of nitriles is 3. The fraction of sp³-hybridized carbons (Fsp3) is 0.308. The Morgan fingerprint density at radius 3 is 2.28 bits per heavy atom. The minimum Gasteiger partial charge on any atom is -0.488 e. The smallest absolute Gasteiger partial charge is 0.172 e. The summed E-state index contributed by atoms with van der Waals surface area (Å²) in [5.74, 6) is 0.840. The van der Waals surface area contributed by atoms with Gasteiger partial charge in [-0.05, 0) is 81.2 Å². The third-order valence-electron chi connectivity index (χ3n) is 7.77. The molecular formula is C39H40N4O3S. The van der Waals surface area contributed by atoms with Gasteiger partial charge in [0.2, 0.25) is 0 Å². The van der Waals surface area contributed by atoms with Crippen molar-refractivity contribution in [2.24, 2.45) is 0 Å². The van der Waals surface area contributed by atoms with E-state index in [4.69, 9.17) is 9.47 Å². The van der Waals surface area contributed by atoms with E-state index in [9.17, 15) is 20.9 Å². The van der Waals surface area contributed by atoms with Gasteiger partial charge < -0.3 is 19.5 Å². The summed E-state index contributed by atoms with van der Waals surface area (Å²) in [5.41, 5.74) is 2.93. The van der Waals surface area contributed by atoms with E-state index in [1.165, 1.54) is 0 Å². The number of anilines is 1. The zero-order valence-corrected chi connectivity index (χ0v) is 28.0. The summed E-state index contributed by atoms with van der Waals surface area (Å²) in [7, 11) is 0. The van der Waals surface area contributed by atoms with Crippen LogP contribution in [0.25, 0.3) is 18.2 Å². The summed E-state index contributed by atoms with van der Waals surface area (Å²) >= 11 is 1.60. The molecule has 47 heavy (non-hydrogen) atoms. The molecule has 4 rings (SSSR count). The number of aliphatic hydroxyl groups is 1. The number of aliphatic hydroxyl groups excluding tert-OH is 1. The highest BCUT2D eigenvalue weighted by atomic mass is 32.1. The molecule has 1 N–H and O–H groups in total. The van der Waals surface area contributed by atoms with Crippen LogP contribution in [0.15, 0.2) is 89.2 Å². The summed E-state index contributed by atoms with van der Waals surface area (Å²) < 4.78 is 12.3. The minimum atomic E-state index is -0.858. The van der Waals surface area contributed by atoms with Crippen LogP contribution in [-0.4, -0.2) is 30.4 Å². The number of benzene rings is 2. The summed E-state index contributed by atoms with van der Waals surface area (Å²) in [6.45, 7) is 8.31. The van der Waals surface area contributed by atoms with E-state index in [1.807, 2.05) is 68.5 Å². The molecule has 1 aliphatic rings. The van der Waals surface area contributed by atoms with E-state index in [0.717, 1.165) is 71.1 Å². The van der Waals surface area contributed by atoms with Crippen LogP contribution in [0, 0.1) is 34.0 Å². The highest BCUT2D eigenvalue weighted by Gasteiger charge is 2.38. The summed E-state index contributed by atoms with van der Waals surface area (Å²) in [6, 6.07) is 26.3. The number of hydrogen-bond acceptors (Lipinski definition) is 8. The van der Waals surface area contributed by atoms with E-state index < -0.39 is 5.60 Å². The average Bonchev–Trinajstić information content (AvgIpc) is 3.64. The third kappa shape index (κ3) is 9.24. The van der Waals surface area contributed by atoms with Crippen LogP contribution in [0.5, 0.6) is 5.75 Å². The monoisotopic (exact) mass is 644 g/mol. The normalized spacial score (nSPS) is 13.8. The third-order valence-corrected chi connectivity index (χ3v) is 8.79. The van der Waals surface area contributed by atoms with Gasteiger partial charge in [-0.25, -0.2) is 0 Å². The Morgan fingerprint density at radius 2 is 1.62 bits per heavy atom. The van der Waals surface area contributed by atoms with Crippen LogP contribution in [0.3, 0.4) is 0 Å². The van der Waals surface area contributed by atoms with Gasteiger partial charge in [0.15, 0.2) is 11.3 Å². The van der Waals surface area contributed by atoms with Crippen molar-refractivity contribution in [1.29, 1.82) is 15.8 Å². The molecule has 0 bridgehead atoms. The first-order chi connectivity index (χ1) is 22.8. The molecule has 0 spiro atoms. The van der Waals surface area contributed by atoms with Crippen molar-refractivity contribution in [3.63, 3.8) is 0 Å². The lowest BCUT2D eigenvalue weighted by Gasteiger charge is -2.26. The molecule has 8 heteroatoms. The Labute approximate surface area is 282 Å². The highest BCUT2D eigenvalue weighted by molar-refractivity contribution is 7.13. The molecule has 0 saturated heterocycles. The second-order valence-electron chi connectivity index (χ2n) is 11.6. The standard InChI is InChI=1S/C39H40N4O3S/c1-4-5-21-43(22-9-10-23-44)32-15-13-30(37(24-32)45-28-29-11-7-6-8-12-29)14-16-33-17-18-34(47-33)19-20-36-35(27-42)38(31(25-40)26-41)46-39(36,2)3/h6-8,11-20,24,44H,4-5,9-10,21-23,28H2,1-3H3. The Bertz CT molecular complexity index is 1760. The van der Waals surface area contributed by atoms with Gasteiger partial charge >= 0.3 is 0 Å². The van der Waals surface area contributed by atoms with Crippen LogP contribution >= 0.6 is 11.3 Å². The zero-order valence-electron chi connectivity index (χ0n) is 27.2. The lowest BCUT2D eigenvalue weighted by molar-refractivity contribution is 0.0954. The van der Waals surface area contributed by atoms with Crippen molar-refractivity contribution >= 4 is 35.3 Å². The molecule has 0 atom stereocenters. The Hall–Kier alpha value is -5.07. The van der Waals surface area contributed by atoms with Crippen molar-refractivity contribution in [3.8, 4) is 24.0 Å². The lowest BCUT2D eigenvalue weighted by Crippen LogP contribution is -2.25. The fourth-order valence-corrected chi connectivity index (χ4v) is 6.03. The molecule has 0 fully saturated rings. The van der Waals surface area contributed by atoms with E-state index in [2.05, 4.69) is 60.4 Å². The van der Waals surface area contributed by atoms with Crippen molar-refractivity contribution in [2.45, 2.75) is 58.7 Å². The molecule has 7 nitrogen and oxygen atoms in total. The molecule has 1 aliphatic heterocycles. The Kier molecular flexibility index (Phi) is 12.6. The summed E-state index contributed by atoms with van der Waals surface area (Å²) in [5, 5.41) is 37.8. The predicted octanol–water partition coefficient (Wildman–Crippen LogP) is 8.82. The van der Waals surface area contributed by atoms with Gasteiger partial charge in [-0.2, -0.15) is 15.8 Å². The fourth-order valence-electron chi connectivity index (χ4n) is 5.22. The molecule has 0 aliphatic carbocycles. The van der Waals surface area contributed by atoms with Gasteiger partial charge in [0.25, 0.3) is 0 Å². The number of allylic oxidation sites excluding steroid dienone is 2. The van der Waals surface area contributed by atoms with E-state index >= 15 is 0 Å². The zero-order chi connectivity index (χ0) is 33.6. The first-order valence-electron chi connectivity index (χ1n) is 15.8. The van der Waals surface area contributed by atoms with Crippen LogP contribution < -0.4 is 9.64 Å². The van der Waals surface area contributed by atoms with Crippen molar-refractivity contribution in [2.75, 3.05) is 24.6 Å². The summed E-state index contributed by atoms with van der Waals surface area (Å²) in [6.07, 6.45) is 11.8. The van der Waals surface area contributed by atoms with Gasteiger partial charge in [-0.15, -0.1) is 11.3 Å².